The van der Waals surface area contributed by atoms with Gasteiger partial charge in [0.1, 0.15) is 5.54 Å². The van der Waals surface area contributed by atoms with Gasteiger partial charge in [0.15, 0.2) is 0 Å². The number of rotatable bonds is 3. The molecular weight excluding hydrogens is 360 g/mol. The first-order valence-electron chi connectivity index (χ1n) is 6.70. The number of urea groups is 1. The second kappa shape index (κ2) is 6.66. The minimum Gasteiger partial charge on any atom is -0.480 e. The summed E-state index contributed by atoms with van der Waals surface area (Å²) in [6, 6.07) is 4.43. The van der Waals surface area contributed by atoms with Gasteiger partial charge in [0, 0.05) is 9.50 Å². The predicted octanol–water partition coefficient (Wildman–Crippen LogP) is 4.01. The van der Waals surface area contributed by atoms with Gasteiger partial charge in [0.25, 0.3) is 0 Å². The molecule has 1 aliphatic carbocycles. The average molecular weight is 376 g/mol. The second-order valence-corrected chi connectivity index (χ2v) is 6.44. The molecule has 1 fully saturated rings. The molecule has 0 unspecified atom stereocenters. The van der Waals surface area contributed by atoms with Gasteiger partial charge in [0.2, 0.25) is 0 Å². The van der Waals surface area contributed by atoms with Gasteiger partial charge in [-0.05, 0) is 47.0 Å². The zero-order valence-electron chi connectivity index (χ0n) is 11.3. The van der Waals surface area contributed by atoms with Crippen LogP contribution in [-0.4, -0.2) is 22.6 Å². The van der Waals surface area contributed by atoms with Crippen molar-refractivity contribution in [3.8, 4) is 0 Å². The fourth-order valence-corrected chi connectivity index (χ4v) is 3.29. The van der Waals surface area contributed by atoms with Gasteiger partial charge in [-0.2, -0.15) is 0 Å². The molecule has 114 valence electrons. The molecule has 0 heterocycles. The van der Waals surface area contributed by atoms with E-state index in [0.717, 1.165) is 19.3 Å². The van der Waals surface area contributed by atoms with Crippen molar-refractivity contribution in [1.82, 2.24) is 5.32 Å². The zero-order chi connectivity index (χ0) is 15.5. The molecule has 1 aromatic rings. The third-order valence-corrected chi connectivity index (χ3v) is 4.54. The zero-order valence-corrected chi connectivity index (χ0v) is 13.6. The number of carbonyl (C=O) groups is 2. The molecule has 0 radical (unpaired) electrons. The topological polar surface area (TPSA) is 78.4 Å². The molecule has 0 aromatic heterocycles. The van der Waals surface area contributed by atoms with E-state index in [1.54, 1.807) is 18.2 Å². The molecule has 5 nitrogen and oxygen atoms in total. The lowest BCUT2D eigenvalue weighted by atomic mass is 9.82. The molecule has 0 saturated heterocycles. The van der Waals surface area contributed by atoms with Crippen molar-refractivity contribution in [2.75, 3.05) is 5.32 Å². The Kier molecular flexibility index (Phi) is 5.11. The Morgan fingerprint density at radius 2 is 1.90 bits per heavy atom. The van der Waals surface area contributed by atoms with Crippen molar-refractivity contribution in [1.29, 1.82) is 0 Å². The number of hydrogen-bond acceptors (Lipinski definition) is 2. The summed E-state index contributed by atoms with van der Waals surface area (Å²) < 4.78 is 0.637. The van der Waals surface area contributed by atoms with Crippen molar-refractivity contribution < 1.29 is 14.7 Å². The highest BCUT2D eigenvalue weighted by atomic mass is 79.9. The molecule has 1 saturated carbocycles. The quantitative estimate of drug-likeness (QED) is 0.747. The number of benzene rings is 1. The van der Waals surface area contributed by atoms with Gasteiger partial charge >= 0.3 is 12.0 Å². The Morgan fingerprint density at radius 1 is 1.24 bits per heavy atom. The minimum absolute atomic E-state index is 0.456. The van der Waals surface area contributed by atoms with E-state index in [1.807, 2.05) is 0 Å². The van der Waals surface area contributed by atoms with Gasteiger partial charge in [0.05, 0.1) is 5.69 Å². The van der Waals surface area contributed by atoms with Gasteiger partial charge in [-0.25, -0.2) is 9.59 Å². The number of nitrogens with one attached hydrogen (secondary N) is 2. The number of aliphatic carboxylic acids is 1. The number of carbonyl (C=O) groups excluding carboxylic acids is 1. The van der Waals surface area contributed by atoms with Gasteiger partial charge < -0.3 is 15.7 Å². The monoisotopic (exact) mass is 374 g/mol. The highest BCUT2D eigenvalue weighted by molar-refractivity contribution is 9.10. The summed E-state index contributed by atoms with van der Waals surface area (Å²) in [5, 5.41) is 15.2. The molecule has 0 atom stereocenters. The maximum absolute atomic E-state index is 12.1. The fourth-order valence-electron chi connectivity index (χ4n) is 2.51. The first kappa shape index (κ1) is 16.1. The van der Waals surface area contributed by atoms with E-state index in [1.165, 1.54) is 0 Å². The molecule has 0 bridgehead atoms. The summed E-state index contributed by atoms with van der Waals surface area (Å²) >= 11 is 9.14. The SMILES string of the molecule is O=C(Nc1ccc(Cl)cc1Br)NC1(C(=O)O)CCCCC1. The summed E-state index contributed by atoms with van der Waals surface area (Å²) in [4.78, 5) is 23.6. The number of carboxylic acids is 1. The normalized spacial score (nSPS) is 17.0. The van der Waals surface area contributed by atoms with Crippen LogP contribution in [0.25, 0.3) is 0 Å². The van der Waals surface area contributed by atoms with Gasteiger partial charge in [-0.3, -0.25) is 0 Å². The van der Waals surface area contributed by atoms with Crippen LogP contribution in [0.1, 0.15) is 32.1 Å². The average Bonchev–Trinajstić information content (AvgIpc) is 2.43. The predicted molar refractivity (Wildman–Crippen MR) is 84.8 cm³/mol. The number of amides is 2. The van der Waals surface area contributed by atoms with E-state index < -0.39 is 17.5 Å². The highest BCUT2D eigenvalue weighted by Crippen LogP contribution is 2.29. The summed E-state index contributed by atoms with van der Waals surface area (Å²) in [5.41, 5.74) is -0.630. The van der Waals surface area contributed by atoms with Crippen molar-refractivity contribution >= 4 is 45.2 Å². The Balaban J connectivity index is 2.07. The maximum Gasteiger partial charge on any atom is 0.329 e. The Labute approximate surface area is 136 Å². The lowest BCUT2D eigenvalue weighted by molar-refractivity contribution is -0.145. The molecule has 1 aliphatic rings. The van der Waals surface area contributed by atoms with Crippen LogP contribution >= 0.6 is 27.5 Å². The minimum atomic E-state index is -1.17. The second-order valence-electron chi connectivity index (χ2n) is 5.15. The van der Waals surface area contributed by atoms with E-state index in [0.29, 0.717) is 28.0 Å². The molecule has 0 aliphatic heterocycles. The van der Waals surface area contributed by atoms with E-state index in [9.17, 15) is 14.7 Å². The molecule has 0 spiro atoms. The van der Waals surface area contributed by atoms with Crippen LogP contribution in [0.5, 0.6) is 0 Å². The van der Waals surface area contributed by atoms with Crippen LogP contribution in [-0.2, 0) is 4.79 Å². The molecule has 21 heavy (non-hydrogen) atoms. The molecule has 1 aromatic carbocycles. The van der Waals surface area contributed by atoms with Gasteiger partial charge in [-0.1, -0.05) is 30.9 Å². The number of halogens is 2. The van der Waals surface area contributed by atoms with Crippen LogP contribution in [0, 0.1) is 0 Å². The Bertz CT molecular complexity index is 559. The smallest absolute Gasteiger partial charge is 0.329 e. The Hall–Kier alpha value is -1.27. The molecule has 7 heteroatoms. The summed E-state index contributed by atoms with van der Waals surface area (Å²) in [6.07, 6.45) is 3.52. The summed E-state index contributed by atoms with van der Waals surface area (Å²) in [7, 11) is 0. The lowest BCUT2D eigenvalue weighted by Gasteiger charge is -2.33. The number of hydrogen-bond donors (Lipinski definition) is 3. The van der Waals surface area contributed by atoms with E-state index >= 15 is 0 Å². The van der Waals surface area contributed by atoms with E-state index in [4.69, 9.17) is 11.6 Å². The van der Waals surface area contributed by atoms with E-state index in [-0.39, 0.29) is 0 Å². The number of carboxylic acid groups (broad SMARTS) is 1. The maximum atomic E-state index is 12.1. The standard InChI is InChI=1S/C14H16BrClN2O3/c15-10-8-9(16)4-5-11(10)17-13(21)18-14(12(19)20)6-2-1-3-7-14/h4-5,8H,1-3,6-7H2,(H,19,20)(H2,17,18,21). The number of anilines is 1. The molecule has 2 rings (SSSR count). The third kappa shape index (κ3) is 3.89. The van der Waals surface area contributed by atoms with Crippen LogP contribution in [0.2, 0.25) is 5.02 Å². The Morgan fingerprint density at radius 3 is 2.48 bits per heavy atom. The van der Waals surface area contributed by atoms with Crippen molar-refractivity contribution in [2.45, 2.75) is 37.6 Å². The molecular formula is C14H16BrClN2O3. The van der Waals surface area contributed by atoms with Crippen molar-refractivity contribution in [2.24, 2.45) is 0 Å². The van der Waals surface area contributed by atoms with Crippen molar-refractivity contribution in [3.63, 3.8) is 0 Å². The van der Waals surface area contributed by atoms with Gasteiger partial charge in [-0.15, -0.1) is 0 Å². The van der Waals surface area contributed by atoms with Crippen LogP contribution in [0.4, 0.5) is 10.5 Å². The lowest BCUT2D eigenvalue weighted by Crippen LogP contribution is -2.56. The largest absolute Gasteiger partial charge is 0.480 e. The third-order valence-electron chi connectivity index (χ3n) is 3.65. The highest BCUT2D eigenvalue weighted by Gasteiger charge is 2.41. The fraction of sp³-hybridized carbons (Fsp3) is 0.429. The van der Waals surface area contributed by atoms with Crippen LogP contribution < -0.4 is 10.6 Å². The van der Waals surface area contributed by atoms with Crippen LogP contribution in [0.3, 0.4) is 0 Å². The molecule has 3 N–H and O–H groups in total. The first-order valence-corrected chi connectivity index (χ1v) is 7.88. The summed E-state index contributed by atoms with van der Waals surface area (Å²) in [5.74, 6) is -0.979. The molecule has 2 amide bonds. The summed E-state index contributed by atoms with van der Waals surface area (Å²) in [6.45, 7) is 0. The first-order chi connectivity index (χ1) is 9.93. The van der Waals surface area contributed by atoms with Crippen molar-refractivity contribution in [3.05, 3.63) is 27.7 Å². The van der Waals surface area contributed by atoms with Crippen LogP contribution in [0.15, 0.2) is 22.7 Å². The van der Waals surface area contributed by atoms with E-state index in [2.05, 4.69) is 26.6 Å².